The lowest BCUT2D eigenvalue weighted by atomic mass is 10.0. The Hall–Kier alpha value is -2.10. The van der Waals surface area contributed by atoms with Crippen LogP contribution in [0.5, 0.6) is 0 Å². The van der Waals surface area contributed by atoms with Gasteiger partial charge in [0, 0.05) is 29.7 Å². The number of aromatic nitrogens is 1. The summed E-state index contributed by atoms with van der Waals surface area (Å²) in [5.74, 6) is 0. The minimum atomic E-state index is 0.306. The van der Waals surface area contributed by atoms with E-state index in [-0.39, 0.29) is 0 Å². The summed E-state index contributed by atoms with van der Waals surface area (Å²) in [6.07, 6.45) is 0. The van der Waals surface area contributed by atoms with Crippen LogP contribution < -0.4 is 0 Å². The highest BCUT2D eigenvalue weighted by Gasteiger charge is 2.28. The van der Waals surface area contributed by atoms with Crippen LogP contribution in [-0.4, -0.2) is 29.6 Å². The van der Waals surface area contributed by atoms with Gasteiger partial charge in [0.05, 0.1) is 19.3 Å². The molecular weight excluding hydrogens is 284 g/mol. The van der Waals surface area contributed by atoms with Crippen molar-refractivity contribution in [3.05, 3.63) is 71.4 Å². The maximum absolute atomic E-state index is 5.82. The number of fused-ring (bicyclic) bond motifs is 1. The molecule has 0 radical (unpaired) electrons. The Kier molecular flexibility index (Phi) is 3.90. The molecule has 0 spiro atoms. The molecular formula is C20H22N2O. The molecule has 0 bridgehead atoms. The average Bonchev–Trinajstić information content (AvgIpc) is 2.92. The zero-order valence-corrected chi connectivity index (χ0v) is 13.5. The highest BCUT2D eigenvalue weighted by atomic mass is 16.5. The molecule has 1 N–H and O–H groups in total. The lowest BCUT2D eigenvalue weighted by Crippen LogP contribution is -2.39. The zero-order chi connectivity index (χ0) is 15.6. The van der Waals surface area contributed by atoms with E-state index in [1.165, 1.54) is 27.7 Å². The third kappa shape index (κ3) is 2.78. The first-order chi connectivity index (χ1) is 11.3. The van der Waals surface area contributed by atoms with E-state index in [0.717, 1.165) is 26.3 Å². The van der Waals surface area contributed by atoms with Crippen LogP contribution in [0.15, 0.2) is 54.6 Å². The van der Waals surface area contributed by atoms with Crippen molar-refractivity contribution in [2.45, 2.75) is 19.5 Å². The molecule has 1 atom stereocenters. The van der Waals surface area contributed by atoms with Gasteiger partial charge in [0.1, 0.15) is 0 Å². The van der Waals surface area contributed by atoms with Crippen LogP contribution >= 0.6 is 0 Å². The number of hydrogen-bond donors (Lipinski definition) is 1. The van der Waals surface area contributed by atoms with E-state index in [9.17, 15) is 0 Å². The van der Waals surface area contributed by atoms with Crippen LogP contribution in [0.25, 0.3) is 10.9 Å². The Bertz CT molecular complexity index is 794. The molecule has 3 heteroatoms. The second kappa shape index (κ2) is 6.19. The molecule has 0 saturated carbocycles. The van der Waals surface area contributed by atoms with E-state index in [4.69, 9.17) is 4.74 Å². The first-order valence-electron chi connectivity index (χ1n) is 8.26. The SMILES string of the molecule is Cc1[nH]c2ccccc2c1C1COCCN1Cc1ccccc1. The van der Waals surface area contributed by atoms with Crippen LogP contribution in [0.2, 0.25) is 0 Å². The van der Waals surface area contributed by atoms with Crippen molar-refractivity contribution < 1.29 is 4.74 Å². The number of aryl methyl sites for hydroxylation is 1. The van der Waals surface area contributed by atoms with Gasteiger partial charge >= 0.3 is 0 Å². The Morgan fingerprint density at radius 1 is 1.09 bits per heavy atom. The summed E-state index contributed by atoms with van der Waals surface area (Å²) in [7, 11) is 0. The molecule has 118 valence electrons. The normalized spacial score (nSPS) is 19.3. The summed E-state index contributed by atoms with van der Waals surface area (Å²) < 4.78 is 5.82. The van der Waals surface area contributed by atoms with Gasteiger partial charge in [0.25, 0.3) is 0 Å². The number of H-pyrrole nitrogens is 1. The number of nitrogens with zero attached hydrogens (tertiary/aromatic N) is 1. The predicted octanol–water partition coefficient (Wildman–Crippen LogP) is 4.05. The fourth-order valence-electron chi connectivity index (χ4n) is 3.64. The molecule has 1 aliphatic rings. The molecule has 1 aliphatic heterocycles. The van der Waals surface area contributed by atoms with Crippen molar-refractivity contribution in [2.75, 3.05) is 19.8 Å². The van der Waals surface area contributed by atoms with Crippen molar-refractivity contribution in [1.29, 1.82) is 0 Å². The van der Waals surface area contributed by atoms with Gasteiger partial charge in [0.2, 0.25) is 0 Å². The van der Waals surface area contributed by atoms with Crippen molar-refractivity contribution in [3.63, 3.8) is 0 Å². The highest BCUT2D eigenvalue weighted by Crippen LogP contribution is 2.33. The topological polar surface area (TPSA) is 28.3 Å². The summed E-state index contributed by atoms with van der Waals surface area (Å²) >= 11 is 0. The predicted molar refractivity (Wildman–Crippen MR) is 93.4 cm³/mol. The van der Waals surface area contributed by atoms with Crippen molar-refractivity contribution in [1.82, 2.24) is 9.88 Å². The second-order valence-electron chi connectivity index (χ2n) is 6.26. The third-order valence-corrected chi connectivity index (χ3v) is 4.74. The molecule has 1 saturated heterocycles. The largest absolute Gasteiger partial charge is 0.378 e. The van der Waals surface area contributed by atoms with E-state index < -0.39 is 0 Å². The Morgan fingerprint density at radius 3 is 2.74 bits per heavy atom. The Labute approximate surface area is 136 Å². The summed E-state index contributed by atoms with van der Waals surface area (Å²) in [5.41, 5.74) is 5.21. The van der Waals surface area contributed by atoms with Gasteiger partial charge in [-0.3, -0.25) is 4.90 Å². The number of benzene rings is 2. The molecule has 0 amide bonds. The van der Waals surface area contributed by atoms with Crippen LogP contribution in [-0.2, 0) is 11.3 Å². The van der Waals surface area contributed by atoms with Crippen LogP contribution in [0.3, 0.4) is 0 Å². The minimum absolute atomic E-state index is 0.306. The minimum Gasteiger partial charge on any atom is -0.378 e. The van der Waals surface area contributed by atoms with Crippen LogP contribution in [0, 0.1) is 6.92 Å². The van der Waals surface area contributed by atoms with E-state index in [0.29, 0.717) is 6.04 Å². The molecule has 1 aromatic heterocycles. The maximum Gasteiger partial charge on any atom is 0.0665 e. The van der Waals surface area contributed by atoms with Gasteiger partial charge in [-0.25, -0.2) is 0 Å². The molecule has 2 heterocycles. The van der Waals surface area contributed by atoms with Crippen molar-refractivity contribution in [3.8, 4) is 0 Å². The van der Waals surface area contributed by atoms with Gasteiger partial charge < -0.3 is 9.72 Å². The lowest BCUT2D eigenvalue weighted by Gasteiger charge is -2.36. The quantitative estimate of drug-likeness (QED) is 0.790. The fraction of sp³-hybridized carbons (Fsp3) is 0.300. The molecule has 23 heavy (non-hydrogen) atoms. The van der Waals surface area contributed by atoms with Gasteiger partial charge in [-0.15, -0.1) is 0 Å². The van der Waals surface area contributed by atoms with E-state index in [1.807, 2.05) is 0 Å². The van der Waals surface area contributed by atoms with Crippen LogP contribution in [0.1, 0.15) is 22.9 Å². The fourth-order valence-corrected chi connectivity index (χ4v) is 3.64. The molecule has 3 nitrogen and oxygen atoms in total. The number of morpholine rings is 1. The van der Waals surface area contributed by atoms with E-state index in [1.54, 1.807) is 0 Å². The number of nitrogens with one attached hydrogen (secondary N) is 1. The van der Waals surface area contributed by atoms with Gasteiger partial charge in [-0.05, 0) is 24.1 Å². The summed E-state index contributed by atoms with van der Waals surface area (Å²) in [6, 6.07) is 19.6. The first kappa shape index (κ1) is 14.5. The molecule has 3 aromatic rings. The number of ether oxygens (including phenoxy) is 1. The van der Waals surface area contributed by atoms with Gasteiger partial charge in [-0.1, -0.05) is 48.5 Å². The van der Waals surface area contributed by atoms with Gasteiger partial charge in [0.15, 0.2) is 0 Å². The number of rotatable bonds is 3. The monoisotopic (exact) mass is 306 g/mol. The van der Waals surface area contributed by atoms with Crippen molar-refractivity contribution in [2.24, 2.45) is 0 Å². The zero-order valence-electron chi connectivity index (χ0n) is 13.5. The highest BCUT2D eigenvalue weighted by molar-refractivity contribution is 5.85. The summed E-state index contributed by atoms with van der Waals surface area (Å²) in [6.45, 7) is 5.68. The van der Waals surface area contributed by atoms with E-state index >= 15 is 0 Å². The Morgan fingerprint density at radius 2 is 1.87 bits per heavy atom. The maximum atomic E-state index is 5.82. The number of para-hydroxylation sites is 1. The Balaban J connectivity index is 1.71. The van der Waals surface area contributed by atoms with E-state index in [2.05, 4.69) is 71.4 Å². The lowest BCUT2D eigenvalue weighted by molar-refractivity contribution is -0.0124. The molecule has 0 aliphatic carbocycles. The molecule has 4 rings (SSSR count). The second-order valence-corrected chi connectivity index (χ2v) is 6.26. The average molecular weight is 306 g/mol. The third-order valence-electron chi connectivity index (χ3n) is 4.74. The first-order valence-corrected chi connectivity index (χ1v) is 8.26. The molecule has 2 aromatic carbocycles. The molecule has 1 unspecified atom stereocenters. The van der Waals surface area contributed by atoms with Crippen molar-refractivity contribution >= 4 is 10.9 Å². The van der Waals surface area contributed by atoms with Gasteiger partial charge in [-0.2, -0.15) is 0 Å². The number of hydrogen-bond acceptors (Lipinski definition) is 2. The molecule has 1 fully saturated rings. The number of aromatic amines is 1. The standard InChI is InChI=1S/C20H22N2O/c1-15-20(17-9-5-6-10-18(17)21-15)19-14-23-12-11-22(19)13-16-7-3-2-4-8-16/h2-10,19,21H,11-14H2,1H3. The summed E-state index contributed by atoms with van der Waals surface area (Å²) in [5, 5.41) is 1.32. The summed E-state index contributed by atoms with van der Waals surface area (Å²) in [4.78, 5) is 6.07. The van der Waals surface area contributed by atoms with Crippen LogP contribution in [0.4, 0.5) is 0 Å². The smallest absolute Gasteiger partial charge is 0.0665 e.